The Morgan fingerprint density at radius 1 is 1.22 bits per heavy atom. The zero-order valence-electron chi connectivity index (χ0n) is 10.6. The molecule has 0 atom stereocenters. The number of aromatic amines is 1. The molecule has 0 saturated heterocycles. The van der Waals surface area contributed by atoms with Gasteiger partial charge in [-0.3, -0.25) is 0 Å². The lowest BCUT2D eigenvalue weighted by atomic mass is 10.2. The number of alkyl halides is 1. The van der Waals surface area contributed by atoms with E-state index in [1.807, 2.05) is 25.1 Å². The molecule has 5 heteroatoms. The minimum absolute atomic E-state index is 0.398. The first-order chi connectivity index (χ1) is 8.69. The van der Waals surface area contributed by atoms with Crippen LogP contribution in [-0.4, -0.2) is 24.2 Å². The van der Waals surface area contributed by atoms with E-state index in [-0.39, 0.29) is 0 Å². The van der Waals surface area contributed by atoms with Crippen molar-refractivity contribution in [2.75, 3.05) is 14.2 Å². The molecule has 1 aromatic carbocycles. The van der Waals surface area contributed by atoms with Crippen LogP contribution in [0.2, 0.25) is 0 Å². The molecule has 96 valence electrons. The Kier molecular flexibility index (Phi) is 3.77. The van der Waals surface area contributed by atoms with Crippen LogP contribution in [0.4, 0.5) is 0 Å². The smallest absolute Gasteiger partial charge is 0.161 e. The third kappa shape index (κ3) is 2.29. The van der Waals surface area contributed by atoms with E-state index in [1.165, 1.54) is 0 Å². The summed E-state index contributed by atoms with van der Waals surface area (Å²) in [4.78, 5) is 7.65. The molecule has 0 fully saturated rings. The van der Waals surface area contributed by atoms with Gasteiger partial charge in [0.1, 0.15) is 5.82 Å². The molecule has 2 rings (SSSR count). The van der Waals surface area contributed by atoms with Gasteiger partial charge in [-0.1, -0.05) is 0 Å². The molecule has 0 amide bonds. The largest absolute Gasteiger partial charge is 0.493 e. The first-order valence-electron chi connectivity index (χ1n) is 5.53. The zero-order chi connectivity index (χ0) is 13.1. The molecule has 18 heavy (non-hydrogen) atoms. The highest BCUT2D eigenvalue weighted by Gasteiger charge is 2.10. The molecule has 0 aliphatic carbocycles. The van der Waals surface area contributed by atoms with Crippen LogP contribution in [0.5, 0.6) is 11.5 Å². The quantitative estimate of drug-likeness (QED) is 0.865. The van der Waals surface area contributed by atoms with E-state index in [2.05, 4.69) is 9.97 Å². The van der Waals surface area contributed by atoms with Crippen LogP contribution >= 0.6 is 11.6 Å². The molecule has 0 radical (unpaired) electrons. The number of hydrogen-bond acceptors (Lipinski definition) is 3. The molecular weight excluding hydrogens is 252 g/mol. The standard InChI is InChI=1S/C13H15ClN2O2/c1-8-10(7-14)16-13(15-8)9-4-5-11(17-2)12(6-9)18-3/h4-6H,7H2,1-3H3,(H,15,16). The summed E-state index contributed by atoms with van der Waals surface area (Å²) in [5, 5.41) is 0. The van der Waals surface area contributed by atoms with Crippen LogP contribution in [0.15, 0.2) is 18.2 Å². The van der Waals surface area contributed by atoms with Gasteiger partial charge < -0.3 is 14.5 Å². The van der Waals surface area contributed by atoms with Gasteiger partial charge in [-0.2, -0.15) is 0 Å². The third-order valence-corrected chi connectivity index (χ3v) is 3.02. The zero-order valence-corrected chi connectivity index (χ0v) is 11.3. The lowest BCUT2D eigenvalue weighted by Gasteiger charge is -2.08. The van der Waals surface area contributed by atoms with Gasteiger partial charge in [0.15, 0.2) is 11.5 Å². The average molecular weight is 267 g/mol. The summed E-state index contributed by atoms with van der Waals surface area (Å²) in [7, 11) is 3.22. The molecule has 0 bridgehead atoms. The Morgan fingerprint density at radius 2 is 1.94 bits per heavy atom. The highest BCUT2D eigenvalue weighted by atomic mass is 35.5. The molecular formula is C13H15ClN2O2. The third-order valence-electron chi connectivity index (χ3n) is 2.77. The van der Waals surface area contributed by atoms with Crippen molar-refractivity contribution in [1.82, 2.24) is 9.97 Å². The van der Waals surface area contributed by atoms with E-state index >= 15 is 0 Å². The van der Waals surface area contributed by atoms with Crippen LogP contribution in [0.25, 0.3) is 11.4 Å². The number of nitrogens with one attached hydrogen (secondary N) is 1. The lowest BCUT2D eigenvalue weighted by molar-refractivity contribution is 0.355. The van der Waals surface area contributed by atoms with Crippen molar-refractivity contribution in [1.29, 1.82) is 0 Å². The summed E-state index contributed by atoms with van der Waals surface area (Å²) in [5.74, 6) is 2.55. The molecule has 2 aromatic rings. The number of benzene rings is 1. The number of methoxy groups -OCH3 is 2. The van der Waals surface area contributed by atoms with Gasteiger partial charge in [-0.05, 0) is 25.1 Å². The minimum atomic E-state index is 0.398. The fourth-order valence-corrected chi connectivity index (χ4v) is 2.01. The molecule has 1 aromatic heterocycles. The van der Waals surface area contributed by atoms with Gasteiger partial charge in [0.2, 0.25) is 0 Å². The van der Waals surface area contributed by atoms with E-state index in [9.17, 15) is 0 Å². The van der Waals surface area contributed by atoms with Crippen molar-refractivity contribution in [2.45, 2.75) is 12.8 Å². The van der Waals surface area contributed by atoms with Crippen molar-refractivity contribution in [2.24, 2.45) is 0 Å². The molecule has 4 nitrogen and oxygen atoms in total. The molecule has 0 spiro atoms. The van der Waals surface area contributed by atoms with E-state index in [1.54, 1.807) is 14.2 Å². The van der Waals surface area contributed by atoms with Gasteiger partial charge in [0, 0.05) is 11.3 Å². The van der Waals surface area contributed by atoms with Gasteiger partial charge in [0.25, 0.3) is 0 Å². The Balaban J connectivity index is 2.44. The fourth-order valence-electron chi connectivity index (χ4n) is 1.75. The number of aromatic nitrogens is 2. The molecule has 0 saturated carbocycles. The number of nitrogens with zero attached hydrogens (tertiary/aromatic N) is 1. The first-order valence-corrected chi connectivity index (χ1v) is 6.07. The maximum atomic E-state index is 5.81. The van der Waals surface area contributed by atoms with Crippen molar-refractivity contribution in [3.8, 4) is 22.9 Å². The van der Waals surface area contributed by atoms with Crippen LogP contribution in [0.3, 0.4) is 0 Å². The minimum Gasteiger partial charge on any atom is -0.493 e. The maximum Gasteiger partial charge on any atom is 0.161 e. The lowest BCUT2D eigenvalue weighted by Crippen LogP contribution is -1.91. The van der Waals surface area contributed by atoms with Crippen molar-refractivity contribution in [3.63, 3.8) is 0 Å². The second-order valence-corrected chi connectivity index (χ2v) is 4.13. The average Bonchev–Trinajstić information content (AvgIpc) is 2.79. The SMILES string of the molecule is COc1ccc(-c2nc(CCl)c(C)[nH]2)cc1OC. The topological polar surface area (TPSA) is 47.1 Å². The summed E-state index contributed by atoms with van der Waals surface area (Å²) in [5.41, 5.74) is 2.78. The Morgan fingerprint density at radius 3 is 2.50 bits per heavy atom. The number of rotatable bonds is 4. The number of hydrogen-bond donors (Lipinski definition) is 1. The number of imidazole rings is 1. The number of H-pyrrole nitrogens is 1. The number of ether oxygens (including phenoxy) is 2. The maximum absolute atomic E-state index is 5.81. The van der Waals surface area contributed by atoms with E-state index < -0.39 is 0 Å². The second kappa shape index (κ2) is 5.31. The molecule has 1 N–H and O–H groups in total. The van der Waals surface area contributed by atoms with Crippen LogP contribution in [-0.2, 0) is 5.88 Å². The predicted molar refractivity (Wildman–Crippen MR) is 71.4 cm³/mol. The summed E-state index contributed by atoms with van der Waals surface area (Å²) in [6, 6.07) is 5.67. The molecule has 1 heterocycles. The van der Waals surface area contributed by atoms with Gasteiger partial charge in [-0.15, -0.1) is 11.6 Å². The van der Waals surface area contributed by atoms with Crippen molar-refractivity contribution in [3.05, 3.63) is 29.6 Å². The van der Waals surface area contributed by atoms with Crippen LogP contribution < -0.4 is 9.47 Å². The Bertz CT molecular complexity index is 552. The van der Waals surface area contributed by atoms with Gasteiger partial charge >= 0.3 is 0 Å². The van der Waals surface area contributed by atoms with E-state index in [0.717, 1.165) is 22.8 Å². The highest BCUT2D eigenvalue weighted by Crippen LogP contribution is 2.31. The normalized spacial score (nSPS) is 10.4. The first kappa shape index (κ1) is 12.8. The second-order valence-electron chi connectivity index (χ2n) is 3.86. The summed E-state index contributed by atoms with van der Waals surface area (Å²) >= 11 is 5.81. The molecule has 0 aliphatic rings. The summed E-state index contributed by atoms with van der Waals surface area (Å²) in [6.45, 7) is 1.95. The Labute approximate surface area is 111 Å². The van der Waals surface area contributed by atoms with Crippen LogP contribution in [0.1, 0.15) is 11.4 Å². The van der Waals surface area contributed by atoms with Crippen molar-refractivity contribution >= 4 is 11.6 Å². The summed E-state index contributed by atoms with van der Waals surface area (Å²) < 4.78 is 10.5. The van der Waals surface area contributed by atoms with E-state index in [0.29, 0.717) is 17.4 Å². The predicted octanol–water partition coefficient (Wildman–Crippen LogP) is 3.14. The monoisotopic (exact) mass is 266 g/mol. The van der Waals surface area contributed by atoms with Gasteiger partial charge in [-0.25, -0.2) is 4.98 Å². The fraction of sp³-hybridized carbons (Fsp3) is 0.308. The van der Waals surface area contributed by atoms with Crippen LogP contribution in [0, 0.1) is 6.92 Å². The summed E-state index contributed by atoms with van der Waals surface area (Å²) in [6.07, 6.45) is 0. The van der Waals surface area contributed by atoms with E-state index in [4.69, 9.17) is 21.1 Å². The Hall–Kier alpha value is -1.68. The van der Waals surface area contributed by atoms with Crippen molar-refractivity contribution < 1.29 is 9.47 Å². The molecule has 0 aliphatic heterocycles. The van der Waals surface area contributed by atoms with Gasteiger partial charge in [0.05, 0.1) is 25.8 Å². The highest BCUT2D eigenvalue weighted by molar-refractivity contribution is 6.17. The molecule has 0 unspecified atom stereocenters. The number of aryl methyl sites for hydroxylation is 1. The number of halogens is 1.